The van der Waals surface area contributed by atoms with Gasteiger partial charge in [0.05, 0.1) is 0 Å². The Morgan fingerprint density at radius 2 is 1.84 bits per heavy atom. The number of hydrogen-bond acceptors (Lipinski definition) is 1. The highest BCUT2D eigenvalue weighted by atomic mass is 35.5. The van der Waals surface area contributed by atoms with E-state index in [1.165, 1.54) is 6.07 Å². The minimum Gasteiger partial charge on any atom is -0.330 e. The van der Waals surface area contributed by atoms with Gasteiger partial charge in [-0.15, -0.1) is 0 Å². The summed E-state index contributed by atoms with van der Waals surface area (Å²) in [5.41, 5.74) is 7.48. The minimum absolute atomic E-state index is 0.0311. The van der Waals surface area contributed by atoms with Gasteiger partial charge in [-0.1, -0.05) is 29.8 Å². The number of hydrogen-bond donors (Lipinski definition) is 1. The molecule has 0 aliphatic rings. The van der Waals surface area contributed by atoms with Crippen molar-refractivity contribution in [1.82, 2.24) is 0 Å². The second kappa shape index (κ2) is 6.13. The summed E-state index contributed by atoms with van der Waals surface area (Å²) in [6, 6.07) is 11.3. The van der Waals surface area contributed by atoms with Crippen LogP contribution in [0.5, 0.6) is 0 Å². The maximum Gasteiger partial charge on any atom is 0.159 e. The molecule has 1 unspecified atom stereocenters. The topological polar surface area (TPSA) is 26.0 Å². The molecule has 0 bridgehead atoms. The van der Waals surface area contributed by atoms with Crippen LogP contribution in [0.25, 0.3) is 0 Å². The summed E-state index contributed by atoms with van der Waals surface area (Å²) in [7, 11) is 0. The fourth-order valence-corrected chi connectivity index (χ4v) is 2.25. The Bertz CT molecular complexity index is 572. The molecular weight excluding hydrogens is 268 g/mol. The van der Waals surface area contributed by atoms with Gasteiger partial charge in [-0.2, -0.15) is 0 Å². The highest BCUT2D eigenvalue weighted by Crippen LogP contribution is 2.23. The van der Waals surface area contributed by atoms with Gasteiger partial charge in [0.2, 0.25) is 0 Å². The van der Waals surface area contributed by atoms with Crippen LogP contribution in [0, 0.1) is 11.6 Å². The van der Waals surface area contributed by atoms with Gasteiger partial charge in [0.15, 0.2) is 11.6 Å². The Morgan fingerprint density at radius 1 is 1.05 bits per heavy atom. The normalized spacial score (nSPS) is 12.4. The lowest BCUT2D eigenvalue weighted by Crippen LogP contribution is -2.15. The third-order valence-electron chi connectivity index (χ3n) is 3.07. The van der Waals surface area contributed by atoms with E-state index in [2.05, 4.69) is 0 Å². The van der Waals surface area contributed by atoms with Gasteiger partial charge < -0.3 is 5.73 Å². The molecule has 1 atom stereocenters. The Labute approximate surface area is 116 Å². The van der Waals surface area contributed by atoms with Crippen LogP contribution in [0.4, 0.5) is 8.78 Å². The summed E-state index contributed by atoms with van der Waals surface area (Å²) >= 11 is 5.94. The van der Waals surface area contributed by atoms with E-state index in [1.807, 2.05) is 18.2 Å². The Kier molecular flexibility index (Phi) is 4.51. The van der Waals surface area contributed by atoms with E-state index in [0.29, 0.717) is 23.6 Å². The summed E-state index contributed by atoms with van der Waals surface area (Å²) in [6.45, 7) is 0.416. The van der Waals surface area contributed by atoms with Crippen molar-refractivity contribution in [3.63, 3.8) is 0 Å². The van der Waals surface area contributed by atoms with E-state index in [4.69, 9.17) is 17.3 Å². The zero-order valence-electron chi connectivity index (χ0n) is 10.2. The molecule has 0 aromatic heterocycles. The maximum atomic E-state index is 13.2. The SMILES string of the molecule is NCC(Cc1ccc(F)c(F)c1)c1cccc(Cl)c1. The van der Waals surface area contributed by atoms with Crippen molar-refractivity contribution in [1.29, 1.82) is 0 Å². The summed E-state index contributed by atoms with van der Waals surface area (Å²) < 4.78 is 26.0. The van der Waals surface area contributed by atoms with Crippen LogP contribution in [0.1, 0.15) is 17.0 Å². The summed E-state index contributed by atoms with van der Waals surface area (Å²) in [6.07, 6.45) is 0.550. The third kappa shape index (κ3) is 3.52. The van der Waals surface area contributed by atoms with Crippen LogP contribution in [0.15, 0.2) is 42.5 Å². The first-order valence-electron chi connectivity index (χ1n) is 5.99. The molecule has 0 aliphatic heterocycles. The molecule has 2 aromatic carbocycles. The highest BCUT2D eigenvalue weighted by molar-refractivity contribution is 6.30. The Hall–Kier alpha value is -1.45. The number of nitrogens with two attached hydrogens (primary N) is 1. The monoisotopic (exact) mass is 281 g/mol. The maximum absolute atomic E-state index is 13.2. The van der Waals surface area contributed by atoms with Gasteiger partial charge >= 0.3 is 0 Å². The van der Waals surface area contributed by atoms with Gasteiger partial charge in [-0.25, -0.2) is 8.78 Å². The van der Waals surface area contributed by atoms with Crippen molar-refractivity contribution in [3.8, 4) is 0 Å². The number of rotatable bonds is 4. The number of benzene rings is 2. The van der Waals surface area contributed by atoms with E-state index in [-0.39, 0.29) is 5.92 Å². The Balaban J connectivity index is 2.21. The fraction of sp³-hybridized carbons (Fsp3) is 0.200. The van der Waals surface area contributed by atoms with Crippen LogP contribution in [0.2, 0.25) is 5.02 Å². The molecule has 0 aliphatic carbocycles. The molecule has 0 heterocycles. The fourth-order valence-electron chi connectivity index (χ4n) is 2.05. The lowest BCUT2D eigenvalue weighted by molar-refractivity contribution is 0.506. The van der Waals surface area contributed by atoms with Gasteiger partial charge in [0.25, 0.3) is 0 Å². The summed E-state index contributed by atoms with van der Waals surface area (Å²) in [5.74, 6) is -1.64. The first kappa shape index (κ1) is 14.0. The molecular formula is C15H14ClF2N. The molecule has 0 saturated carbocycles. The minimum atomic E-state index is -0.837. The van der Waals surface area contributed by atoms with Crippen LogP contribution < -0.4 is 5.73 Å². The molecule has 0 saturated heterocycles. The van der Waals surface area contributed by atoms with Crippen LogP contribution in [-0.2, 0) is 6.42 Å². The lowest BCUT2D eigenvalue weighted by Gasteiger charge is -2.15. The lowest BCUT2D eigenvalue weighted by atomic mass is 9.92. The average molecular weight is 282 g/mol. The van der Waals surface area contributed by atoms with E-state index in [1.54, 1.807) is 12.1 Å². The van der Waals surface area contributed by atoms with Crippen molar-refractivity contribution >= 4 is 11.6 Å². The smallest absolute Gasteiger partial charge is 0.159 e. The molecule has 2 rings (SSSR count). The second-order valence-electron chi connectivity index (χ2n) is 4.44. The predicted octanol–water partition coefficient (Wildman–Crippen LogP) is 3.90. The predicted molar refractivity (Wildman–Crippen MR) is 73.3 cm³/mol. The molecule has 0 radical (unpaired) electrons. The van der Waals surface area contributed by atoms with Crippen molar-refractivity contribution in [2.45, 2.75) is 12.3 Å². The van der Waals surface area contributed by atoms with Crippen molar-refractivity contribution in [2.75, 3.05) is 6.54 Å². The number of halogens is 3. The standard InChI is InChI=1S/C15H14ClF2N/c16-13-3-1-2-11(8-13)12(9-19)6-10-4-5-14(17)15(18)7-10/h1-5,7-8,12H,6,9,19H2. The largest absolute Gasteiger partial charge is 0.330 e. The van der Waals surface area contributed by atoms with E-state index >= 15 is 0 Å². The Morgan fingerprint density at radius 3 is 2.47 bits per heavy atom. The summed E-state index contributed by atoms with van der Waals surface area (Å²) in [4.78, 5) is 0. The van der Waals surface area contributed by atoms with Crippen LogP contribution in [0.3, 0.4) is 0 Å². The van der Waals surface area contributed by atoms with Gasteiger partial charge in [0.1, 0.15) is 0 Å². The van der Waals surface area contributed by atoms with Crippen LogP contribution in [-0.4, -0.2) is 6.54 Å². The molecule has 0 amide bonds. The van der Waals surface area contributed by atoms with Gasteiger partial charge in [0, 0.05) is 10.9 Å². The zero-order valence-corrected chi connectivity index (χ0v) is 11.0. The quantitative estimate of drug-likeness (QED) is 0.904. The summed E-state index contributed by atoms with van der Waals surface area (Å²) in [5, 5.41) is 0.640. The van der Waals surface area contributed by atoms with E-state index < -0.39 is 11.6 Å². The van der Waals surface area contributed by atoms with Crippen molar-refractivity contribution in [3.05, 3.63) is 70.2 Å². The van der Waals surface area contributed by atoms with E-state index in [9.17, 15) is 8.78 Å². The molecule has 0 spiro atoms. The highest BCUT2D eigenvalue weighted by Gasteiger charge is 2.12. The second-order valence-corrected chi connectivity index (χ2v) is 4.88. The zero-order chi connectivity index (χ0) is 13.8. The molecule has 2 N–H and O–H groups in total. The molecule has 19 heavy (non-hydrogen) atoms. The van der Waals surface area contributed by atoms with E-state index in [0.717, 1.165) is 11.6 Å². The van der Waals surface area contributed by atoms with Gasteiger partial charge in [-0.3, -0.25) is 0 Å². The first-order valence-corrected chi connectivity index (χ1v) is 6.37. The average Bonchev–Trinajstić information content (AvgIpc) is 2.40. The van der Waals surface area contributed by atoms with Crippen molar-refractivity contribution in [2.24, 2.45) is 5.73 Å². The van der Waals surface area contributed by atoms with Gasteiger partial charge in [-0.05, 0) is 48.4 Å². The molecule has 4 heteroatoms. The molecule has 100 valence electrons. The first-order chi connectivity index (χ1) is 9.10. The molecule has 1 nitrogen and oxygen atoms in total. The van der Waals surface area contributed by atoms with Crippen molar-refractivity contribution < 1.29 is 8.78 Å². The third-order valence-corrected chi connectivity index (χ3v) is 3.31. The molecule has 0 fully saturated rings. The molecule has 2 aromatic rings. The van der Waals surface area contributed by atoms with Crippen LogP contribution >= 0.6 is 11.6 Å².